The van der Waals surface area contributed by atoms with Crippen LogP contribution in [0.25, 0.3) is 0 Å². The van der Waals surface area contributed by atoms with Crippen molar-refractivity contribution in [2.24, 2.45) is 0 Å². The maximum atomic E-state index is 12.6. The van der Waals surface area contributed by atoms with Gasteiger partial charge in [-0.3, -0.25) is 9.59 Å². The number of amides is 2. The van der Waals surface area contributed by atoms with Crippen LogP contribution in [0.1, 0.15) is 29.3 Å². The summed E-state index contributed by atoms with van der Waals surface area (Å²) in [5, 5.41) is 2.87. The van der Waals surface area contributed by atoms with E-state index in [4.69, 9.17) is 9.47 Å². The number of nitrogens with zero attached hydrogens (tertiary/aromatic N) is 1. The van der Waals surface area contributed by atoms with E-state index in [1.165, 1.54) is 0 Å². The second kappa shape index (κ2) is 8.58. The fourth-order valence-electron chi connectivity index (χ4n) is 3.01. The Labute approximate surface area is 159 Å². The van der Waals surface area contributed by atoms with Crippen molar-refractivity contribution in [2.75, 3.05) is 32.1 Å². The van der Waals surface area contributed by atoms with Gasteiger partial charge in [-0.15, -0.1) is 0 Å². The van der Waals surface area contributed by atoms with Gasteiger partial charge < -0.3 is 19.7 Å². The van der Waals surface area contributed by atoms with Gasteiger partial charge in [-0.05, 0) is 49.2 Å². The van der Waals surface area contributed by atoms with Crippen LogP contribution in [0.4, 0.5) is 5.69 Å². The Hall–Kier alpha value is -3.02. The third kappa shape index (κ3) is 4.58. The molecule has 0 radical (unpaired) electrons. The number of hydrogen-bond donors (Lipinski definition) is 1. The number of nitrogens with one attached hydrogen (secondary N) is 1. The summed E-state index contributed by atoms with van der Waals surface area (Å²) in [6, 6.07) is 12.9. The monoisotopic (exact) mass is 368 g/mol. The van der Waals surface area contributed by atoms with E-state index < -0.39 is 0 Å². The molecule has 142 valence electrons. The van der Waals surface area contributed by atoms with Crippen molar-refractivity contribution < 1.29 is 19.1 Å². The van der Waals surface area contributed by atoms with Crippen LogP contribution in [0.15, 0.2) is 42.5 Å². The van der Waals surface area contributed by atoms with E-state index in [2.05, 4.69) is 5.32 Å². The van der Waals surface area contributed by atoms with E-state index in [1.54, 1.807) is 30.2 Å². The molecule has 0 aromatic heterocycles. The van der Waals surface area contributed by atoms with Crippen molar-refractivity contribution in [1.29, 1.82) is 0 Å². The molecule has 0 aliphatic carbocycles. The first kappa shape index (κ1) is 18.8. The van der Waals surface area contributed by atoms with E-state index in [0.29, 0.717) is 49.5 Å². The lowest BCUT2D eigenvalue weighted by molar-refractivity contribution is -0.116. The lowest BCUT2D eigenvalue weighted by Gasteiger charge is -2.17. The van der Waals surface area contributed by atoms with Crippen molar-refractivity contribution in [2.45, 2.75) is 19.8 Å². The summed E-state index contributed by atoms with van der Waals surface area (Å²) in [7, 11) is 1.62. The molecule has 0 spiro atoms. The van der Waals surface area contributed by atoms with E-state index in [1.807, 2.05) is 31.2 Å². The van der Waals surface area contributed by atoms with Crippen molar-refractivity contribution in [3.63, 3.8) is 0 Å². The Morgan fingerprint density at radius 1 is 1.22 bits per heavy atom. The topological polar surface area (TPSA) is 67.9 Å². The first-order valence-corrected chi connectivity index (χ1v) is 9.09. The van der Waals surface area contributed by atoms with Gasteiger partial charge in [0.05, 0.1) is 19.2 Å². The molecule has 1 heterocycles. The molecule has 2 aromatic carbocycles. The molecule has 0 unspecified atom stereocenters. The summed E-state index contributed by atoms with van der Waals surface area (Å²) in [5.41, 5.74) is 2.15. The van der Waals surface area contributed by atoms with Gasteiger partial charge in [-0.25, -0.2) is 0 Å². The van der Waals surface area contributed by atoms with E-state index >= 15 is 0 Å². The number of carbonyl (C=O) groups is 2. The minimum atomic E-state index is -0.0971. The third-order valence-corrected chi connectivity index (χ3v) is 4.58. The van der Waals surface area contributed by atoms with Crippen LogP contribution >= 0.6 is 0 Å². The van der Waals surface area contributed by atoms with Gasteiger partial charge >= 0.3 is 0 Å². The van der Waals surface area contributed by atoms with Crippen molar-refractivity contribution in [3.05, 3.63) is 53.6 Å². The second-order valence-electron chi connectivity index (χ2n) is 6.34. The van der Waals surface area contributed by atoms with Gasteiger partial charge in [0.1, 0.15) is 18.1 Å². The summed E-state index contributed by atoms with van der Waals surface area (Å²) in [5.74, 6) is 1.19. The first-order valence-electron chi connectivity index (χ1n) is 9.09. The Bertz CT molecular complexity index is 817. The normalized spacial score (nSPS) is 13.4. The first-order chi connectivity index (χ1) is 13.1. The SMILES string of the molecule is CCN1CCOc2ccc(NC(=O)CCc3ccc(OC)cc3)cc2C1=O. The Kier molecular flexibility index (Phi) is 5.96. The van der Waals surface area contributed by atoms with Crippen LogP contribution in [0.2, 0.25) is 0 Å². The standard InChI is InChI=1S/C21H24N2O4/c1-3-23-12-13-27-19-10-7-16(14-18(19)21(23)25)22-20(24)11-6-15-4-8-17(26-2)9-5-15/h4-5,7-10,14H,3,6,11-13H2,1-2H3,(H,22,24). The molecule has 0 saturated heterocycles. The molecule has 1 aliphatic rings. The second-order valence-corrected chi connectivity index (χ2v) is 6.34. The zero-order valence-electron chi connectivity index (χ0n) is 15.7. The summed E-state index contributed by atoms with van der Waals surface area (Å²) in [4.78, 5) is 26.6. The molecule has 1 N–H and O–H groups in total. The molecule has 2 amide bonds. The Balaban J connectivity index is 1.63. The molecule has 6 nitrogen and oxygen atoms in total. The predicted octanol–water partition coefficient (Wildman–Crippen LogP) is 3.12. The number of carbonyl (C=O) groups excluding carboxylic acids is 2. The molecule has 0 saturated carbocycles. The van der Waals surface area contributed by atoms with Gasteiger partial charge in [0.25, 0.3) is 5.91 Å². The lowest BCUT2D eigenvalue weighted by atomic mass is 10.1. The fourth-order valence-corrected chi connectivity index (χ4v) is 3.01. The number of fused-ring (bicyclic) bond motifs is 1. The zero-order valence-corrected chi connectivity index (χ0v) is 15.7. The molecule has 0 bridgehead atoms. The van der Waals surface area contributed by atoms with Crippen LogP contribution < -0.4 is 14.8 Å². The number of hydrogen-bond acceptors (Lipinski definition) is 4. The number of rotatable bonds is 6. The van der Waals surface area contributed by atoms with Crippen LogP contribution in [0, 0.1) is 0 Å². The van der Waals surface area contributed by atoms with Crippen LogP contribution in [-0.4, -0.2) is 43.5 Å². The molecule has 27 heavy (non-hydrogen) atoms. The number of methoxy groups -OCH3 is 1. The van der Waals surface area contributed by atoms with Gasteiger partial charge in [0.2, 0.25) is 5.91 Å². The van der Waals surface area contributed by atoms with E-state index in [0.717, 1.165) is 11.3 Å². The molecule has 0 atom stereocenters. The summed E-state index contributed by atoms with van der Waals surface area (Å²) < 4.78 is 10.8. The van der Waals surface area contributed by atoms with Crippen LogP contribution in [-0.2, 0) is 11.2 Å². The smallest absolute Gasteiger partial charge is 0.257 e. The maximum absolute atomic E-state index is 12.6. The largest absolute Gasteiger partial charge is 0.497 e. The summed E-state index contributed by atoms with van der Waals surface area (Å²) >= 11 is 0. The highest BCUT2D eigenvalue weighted by Crippen LogP contribution is 2.26. The lowest BCUT2D eigenvalue weighted by Crippen LogP contribution is -2.32. The highest BCUT2D eigenvalue weighted by Gasteiger charge is 2.22. The van der Waals surface area contributed by atoms with Crippen molar-refractivity contribution >= 4 is 17.5 Å². The number of aryl methyl sites for hydroxylation is 1. The maximum Gasteiger partial charge on any atom is 0.257 e. The highest BCUT2D eigenvalue weighted by atomic mass is 16.5. The number of likely N-dealkylation sites (N-methyl/N-ethyl adjacent to an activating group) is 1. The quantitative estimate of drug-likeness (QED) is 0.851. The number of ether oxygens (including phenoxy) is 2. The van der Waals surface area contributed by atoms with Crippen LogP contribution in [0.5, 0.6) is 11.5 Å². The average Bonchev–Trinajstić information content (AvgIpc) is 2.85. The fraction of sp³-hybridized carbons (Fsp3) is 0.333. The van der Waals surface area contributed by atoms with E-state index in [-0.39, 0.29) is 11.8 Å². The Morgan fingerprint density at radius 2 is 2.00 bits per heavy atom. The molecular formula is C21H24N2O4. The van der Waals surface area contributed by atoms with Gasteiger partial charge in [-0.2, -0.15) is 0 Å². The van der Waals surface area contributed by atoms with Crippen LogP contribution in [0.3, 0.4) is 0 Å². The van der Waals surface area contributed by atoms with Crippen molar-refractivity contribution in [3.8, 4) is 11.5 Å². The average molecular weight is 368 g/mol. The highest BCUT2D eigenvalue weighted by molar-refractivity contribution is 5.99. The van der Waals surface area contributed by atoms with Gasteiger partial charge in [0, 0.05) is 18.7 Å². The van der Waals surface area contributed by atoms with E-state index in [9.17, 15) is 9.59 Å². The van der Waals surface area contributed by atoms with Gasteiger partial charge in [-0.1, -0.05) is 12.1 Å². The molecule has 6 heteroatoms. The predicted molar refractivity (Wildman–Crippen MR) is 103 cm³/mol. The molecule has 3 rings (SSSR count). The summed E-state index contributed by atoms with van der Waals surface area (Å²) in [6.07, 6.45) is 0.987. The van der Waals surface area contributed by atoms with Gasteiger partial charge in [0.15, 0.2) is 0 Å². The molecule has 1 aliphatic heterocycles. The number of anilines is 1. The third-order valence-electron chi connectivity index (χ3n) is 4.58. The zero-order chi connectivity index (χ0) is 19.2. The number of benzene rings is 2. The molecule has 0 fully saturated rings. The van der Waals surface area contributed by atoms with Crippen molar-refractivity contribution in [1.82, 2.24) is 4.90 Å². The minimum Gasteiger partial charge on any atom is -0.497 e. The Morgan fingerprint density at radius 3 is 2.70 bits per heavy atom. The minimum absolute atomic E-state index is 0.0701. The summed E-state index contributed by atoms with van der Waals surface area (Å²) in [6.45, 7) is 3.60. The molecule has 2 aromatic rings. The molecular weight excluding hydrogens is 344 g/mol.